The predicted molar refractivity (Wildman–Crippen MR) is 61.1 cm³/mol. The number of nitrogens with two attached hydrogens (primary N) is 1. The Morgan fingerprint density at radius 3 is 2.69 bits per heavy atom. The first kappa shape index (κ1) is 13.4. The Kier molecular flexibility index (Phi) is 5.18. The number of ether oxygens (including phenoxy) is 2. The van der Waals surface area contributed by atoms with Crippen molar-refractivity contribution < 1.29 is 14.3 Å². The third-order valence-electron chi connectivity index (χ3n) is 2.77. The molecule has 2 N–H and O–H groups in total. The van der Waals surface area contributed by atoms with Crippen LogP contribution in [-0.4, -0.2) is 56.4 Å². The molecule has 5 nitrogen and oxygen atoms in total. The fourth-order valence-corrected chi connectivity index (χ4v) is 1.94. The highest BCUT2D eigenvalue weighted by Gasteiger charge is 2.40. The Hall–Kier alpha value is -0.650. The maximum Gasteiger partial charge on any atom is 0.248 e. The molecule has 1 saturated heterocycles. The van der Waals surface area contributed by atoms with E-state index in [9.17, 15) is 4.79 Å². The number of rotatable bonds is 7. The topological polar surface area (TPSA) is 64.8 Å². The number of likely N-dealkylation sites (tertiary alicyclic amines) is 1. The zero-order valence-corrected chi connectivity index (χ0v) is 10.2. The molecule has 1 fully saturated rings. The summed E-state index contributed by atoms with van der Waals surface area (Å²) in [6.07, 6.45) is 2.03. The molecule has 0 aromatic carbocycles. The van der Waals surface area contributed by atoms with E-state index in [2.05, 4.69) is 6.92 Å². The summed E-state index contributed by atoms with van der Waals surface area (Å²) >= 11 is 0. The van der Waals surface area contributed by atoms with E-state index in [0.717, 1.165) is 12.8 Å². The smallest absolute Gasteiger partial charge is 0.248 e. The van der Waals surface area contributed by atoms with Gasteiger partial charge in [0, 0.05) is 20.2 Å². The molecular formula is C11H22N2O3. The molecule has 0 saturated carbocycles. The lowest BCUT2D eigenvalue weighted by atomic mass is 9.86. The number of amides is 1. The van der Waals surface area contributed by atoms with Crippen molar-refractivity contribution in [3.05, 3.63) is 0 Å². The standard InChI is InChI=1S/C11H22N2O3/c1-3-4-11(12)8-13(9-11)10(14)7-16-6-5-15-2/h3-9,12H2,1-2H3. The van der Waals surface area contributed by atoms with Gasteiger partial charge >= 0.3 is 0 Å². The van der Waals surface area contributed by atoms with Crippen LogP contribution in [-0.2, 0) is 14.3 Å². The molecule has 1 amide bonds. The highest BCUT2D eigenvalue weighted by molar-refractivity contribution is 5.78. The van der Waals surface area contributed by atoms with Gasteiger partial charge in [0.05, 0.1) is 18.8 Å². The molecule has 0 aliphatic carbocycles. The van der Waals surface area contributed by atoms with Crippen LogP contribution in [0.2, 0.25) is 0 Å². The van der Waals surface area contributed by atoms with Crippen LogP contribution in [0.25, 0.3) is 0 Å². The van der Waals surface area contributed by atoms with Gasteiger partial charge in [0.2, 0.25) is 5.91 Å². The molecule has 0 spiro atoms. The Morgan fingerprint density at radius 2 is 2.12 bits per heavy atom. The summed E-state index contributed by atoms with van der Waals surface area (Å²) in [6, 6.07) is 0. The first-order chi connectivity index (χ1) is 7.61. The van der Waals surface area contributed by atoms with Crippen molar-refractivity contribution in [1.82, 2.24) is 4.90 Å². The van der Waals surface area contributed by atoms with Gasteiger partial charge in [0.1, 0.15) is 6.61 Å². The Labute approximate surface area is 96.9 Å². The lowest BCUT2D eigenvalue weighted by molar-refractivity contribution is -0.144. The van der Waals surface area contributed by atoms with Crippen LogP contribution in [0, 0.1) is 0 Å². The predicted octanol–water partition coefficient (Wildman–Crippen LogP) is -0.0108. The third kappa shape index (κ3) is 3.73. The fraction of sp³-hybridized carbons (Fsp3) is 0.909. The van der Waals surface area contributed by atoms with Gasteiger partial charge in [-0.05, 0) is 6.42 Å². The summed E-state index contributed by atoms with van der Waals surface area (Å²) in [7, 11) is 1.61. The van der Waals surface area contributed by atoms with Gasteiger partial charge in [0.25, 0.3) is 0 Å². The van der Waals surface area contributed by atoms with Crippen LogP contribution < -0.4 is 5.73 Å². The summed E-state index contributed by atoms with van der Waals surface area (Å²) in [5.74, 6) is 0.0216. The number of methoxy groups -OCH3 is 1. The fourth-order valence-electron chi connectivity index (χ4n) is 1.94. The van der Waals surface area contributed by atoms with Gasteiger partial charge in [-0.25, -0.2) is 0 Å². The highest BCUT2D eigenvalue weighted by Crippen LogP contribution is 2.22. The van der Waals surface area contributed by atoms with E-state index in [1.165, 1.54) is 0 Å². The zero-order chi connectivity index (χ0) is 12.0. The summed E-state index contributed by atoms with van der Waals surface area (Å²) in [5.41, 5.74) is 5.91. The van der Waals surface area contributed by atoms with Crippen LogP contribution in [0.15, 0.2) is 0 Å². The van der Waals surface area contributed by atoms with Crippen molar-refractivity contribution in [1.29, 1.82) is 0 Å². The average molecular weight is 230 g/mol. The molecule has 94 valence electrons. The molecule has 0 aromatic heterocycles. The highest BCUT2D eigenvalue weighted by atomic mass is 16.5. The molecule has 1 heterocycles. The van der Waals surface area contributed by atoms with Gasteiger partial charge in [0.15, 0.2) is 0 Å². The molecule has 16 heavy (non-hydrogen) atoms. The lowest BCUT2D eigenvalue weighted by Gasteiger charge is -2.47. The SMILES string of the molecule is CCCC1(N)CN(C(=O)COCCOC)C1. The molecule has 1 rings (SSSR count). The van der Waals surface area contributed by atoms with E-state index in [-0.39, 0.29) is 18.1 Å². The van der Waals surface area contributed by atoms with Crippen LogP contribution >= 0.6 is 0 Å². The van der Waals surface area contributed by atoms with Crippen molar-refractivity contribution in [3.8, 4) is 0 Å². The van der Waals surface area contributed by atoms with Crippen LogP contribution in [0.5, 0.6) is 0 Å². The Bertz CT molecular complexity index is 227. The first-order valence-corrected chi connectivity index (χ1v) is 5.74. The molecule has 5 heteroatoms. The van der Waals surface area contributed by atoms with Gasteiger partial charge in [-0.1, -0.05) is 13.3 Å². The average Bonchev–Trinajstić information content (AvgIpc) is 2.21. The molecule has 0 radical (unpaired) electrons. The minimum Gasteiger partial charge on any atom is -0.382 e. The molecule has 1 aliphatic heterocycles. The molecule has 0 aromatic rings. The zero-order valence-electron chi connectivity index (χ0n) is 10.2. The largest absolute Gasteiger partial charge is 0.382 e. The molecule has 0 unspecified atom stereocenters. The van der Waals surface area contributed by atoms with Crippen molar-refractivity contribution >= 4 is 5.91 Å². The monoisotopic (exact) mass is 230 g/mol. The summed E-state index contributed by atoms with van der Waals surface area (Å²) in [4.78, 5) is 13.3. The second kappa shape index (κ2) is 6.18. The third-order valence-corrected chi connectivity index (χ3v) is 2.77. The Balaban J connectivity index is 2.12. The first-order valence-electron chi connectivity index (χ1n) is 5.74. The second-order valence-corrected chi connectivity index (χ2v) is 4.41. The number of hydrogen-bond donors (Lipinski definition) is 1. The maximum absolute atomic E-state index is 11.6. The van der Waals surface area contributed by atoms with Gasteiger partial charge in [-0.3, -0.25) is 4.79 Å². The molecule has 0 bridgehead atoms. The van der Waals surface area contributed by atoms with Gasteiger partial charge < -0.3 is 20.1 Å². The van der Waals surface area contributed by atoms with E-state index in [4.69, 9.17) is 15.2 Å². The quantitative estimate of drug-likeness (QED) is 0.625. The van der Waals surface area contributed by atoms with Crippen molar-refractivity contribution in [2.24, 2.45) is 5.73 Å². The van der Waals surface area contributed by atoms with E-state index >= 15 is 0 Å². The molecular weight excluding hydrogens is 208 g/mol. The molecule has 0 atom stereocenters. The number of hydrogen-bond acceptors (Lipinski definition) is 4. The van der Waals surface area contributed by atoms with Crippen molar-refractivity contribution in [2.75, 3.05) is 40.0 Å². The van der Waals surface area contributed by atoms with Gasteiger partial charge in [-0.2, -0.15) is 0 Å². The van der Waals surface area contributed by atoms with Gasteiger partial charge in [-0.15, -0.1) is 0 Å². The minimum absolute atomic E-state index is 0.0216. The minimum atomic E-state index is -0.156. The Morgan fingerprint density at radius 1 is 1.44 bits per heavy atom. The van der Waals surface area contributed by atoms with E-state index in [0.29, 0.717) is 26.3 Å². The summed E-state index contributed by atoms with van der Waals surface area (Å²) < 4.78 is 9.98. The normalized spacial score (nSPS) is 18.3. The van der Waals surface area contributed by atoms with E-state index in [1.54, 1.807) is 12.0 Å². The lowest BCUT2D eigenvalue weighted by Crippen LogP contribution is -2.68. The number of nitrogens with zero attached hydrogens (tertiary/aromatic N) is 1. The van der Waals surface area contributed by atoms with Crippen molar-refractivity contribution in [2.45, 2.75) is 25.3 Å². The summed E-state index contributed by atoms with van der Waals surface area (Å²) in [6.45, 7) is 4.53. The van der Waals surface area contributed by atoms with E-state index < -0.39 is 0 Å². The second-order valence-electron chi connectivity index (χ2n) is 4.41. The molecule has 1 aliphatic rings. The van der Waals surface area contributed by atoms with Crippen LogP contribution in [0.4, 0.5) is 0 Å². The number of carbonyl (C=O) groups is 1. The summed E-state index contributed by atoms with van der Waals surface area (Å²) in [5, 5.41) is 0. The van der Waals surface area contributed by atoms with Crippen LogP contribution in [0.3, 0.4) is 0 Å². The number of carbonyl (C=O) groups excluding carboxylic acids is 1. The maximum atomic E-state index is 11.6. The van der Waals surface area contributed by atoms with Crippen molar-refractivity contribution in [3.63, 3.8) is 0 Å². The van der Waals surface area contributed by atoms with Crippen LogP contribution in [0.1, 0.15) is 19.8 Å². The van der Waals surface area contributed by atoms with E-state index in [1.807, 2.05) is 0 Å².